The Hall–Kier alpha value is -1.24. The second-order valence-electron chi connectivity index (χ2n) is 5.50. The van der Waals surface area contributed by atoms with Gasteiger partial charge in [0.15, 0.2) is 0 Å². The van der Waals surface area contributed by atoms with Gasteiger partial charge in [0.1, 0.15) is 6.07 Å². The van der Waals surface area contributed by atoms with Crippen LogP contribution in [-0.2, 0) is 4.74 Å². The second kappa shape index (κ2) is 5.40. The average molecular weight is 279 g/mol. The molecule has 1 aliphatic rings. The van der Waals surface area contributed by atoms with E-state index in [1.54, 1.807) is 12.1 Å². The Balaban J connectivity index is 2.12. The first-order valence-electron chi connectivity index (χ1n) is 6.56. The molecule has 0 amide bonds. The van der Waals surface area contributed by atoms with Crippen LogP contribution in [0.2, 0.25) is 5.02 Å². The molecule has 19 heavy (non-hydrogen) atoms. The number of rotatable bonds is 4. The van der Waals surface area contributed by atoms with Gasteiger partial charge in [-0.25, -0.2) is 0 Å². The summed E-state index contributed by atoms with van der Waals surface area (Å²) in [6.07, 6.45) is 1.23. The highest BCUT2D eigenvalue weighted by Gasteiger charge is 2.49. The quantitative estimate of drug-likeness (QED) is 0.910. The van der Waals surface area contributed by atoms with Gasteiger partial charge < -0.3 is 10.1 Å². The van der Waals surface area contributed by atoms with Gasteiger partial charge in [-0.2, -0.15) is 5.26 Å². The third-order valence-corrected chi connectivity index (χ3v) is 4.21. The number of nitriles is 1. The Bertz CT molecular complexity index is 507. The maximum absolute atomic E-state index is 9.12. The zero-order valence-corrected chi connectivity index (χ0v) is 12.3. The summed E-state index contributed by atoms with van der Waals surface area (Å²) in [4.78, 5) is 0. The van der Waals surface area contributed by atoms with Crippen molar-refractivity contribution in [3.63, 3.8) is 0 Å². The molecule has 0 radical (unpaired) electrons. The Morgan fingerprint density at radius 3 is 2.84 bits per heavy atom. The number of nitrogens with one attached hydrogen (secondary N) is 1. The largest absolute Gasteiger partial charge is 0.380 e. The van der Waals surface area contributed by atoms with Crippen LogP contribution in [0.25, 0.3) is 0 Å². The van der Waals surface area contributed by atoms with E-state index in [1.807, 2.05) is 13.0 Å². The molecular formula is C15H19ClN2O. The van der Waals surface area contributed by atoms with Crippen molar-refractivity contribution in [1.82, 2.24) is 0 Å². The van der Waals surface area contributed by atoms with Crippen LogP contribution >= 0.6 is 11.6 Å². The SMILES string of the molecule is CCOC1CC(Nc2cc(Cl)ccc2C#N)C1(C)C. The van der Waals surface area contributed by atoms with E-state index in [4.69, 9.17) is 21.6 Å². The van der Waals surface area contributed by atoms with Crippen LogP contribution in [0.15, 0.2) is 18.2 Å². The molecule has 0 heterocycles. The molecule has 2 unspecified atom stereocenters. The third kappa shape index (κ3) is 2.70. The molecule has 0 bridgehead atoms. The van der Waals surface area contributed by atoms with Gasteiger partial charge in [-0.3, -0.25) is 0 Å². The molecule has 1 fully saturated rings. The van der Waals surface area contributed by atoms with Gasteiger partial charge in [-0.15, -0.1) is 0 Å². The molecule has 1 aliphatic carbocycles. The fourth-order valence-electron chi connectivity index (χ4n) is 2.54. The molecule has 0 aromatic heterocycles. The number of ether oxygens (including phenoxy) is 1. The first-order chi connectivity index (χ1) is 8.98. The van der Waals surface area contributed by atoms with Crippen LogP contribution in [-0.4, -0.2) is 18.8 Å². The molecule has 0 saturated heterocycles. The minimum Gasteiger partial charge on any atom is -0.380 e. The smallest absolute Gasteiger partial charge is 0.101 e. The van der Waals surface area contributed by atoms with Gasteiger partial charge in [-0.05, 0) is 31.5 Å². The summed E-state index contributed by atoms with van der Waals surface area (Å²) in [6.45, 7) is 7.12. The fourth-order valence-corrected chi connectivity index (χ4v) is 2.71. The van der Waals surface area contributed by atoms with E-state index in [9.17, 15) is 0 Å². The predicted molar refractivity (Wildman–Crippen MR) is 77.4 cm³/mol. The van der Waals surface area contributed by atoms with E-state index >= 15 is 0 Å². The molecule has 1 saturated carbocycles. The van der Waals surface area contributed by atoms with Crippen molar-refractivity contribution < 1.29 is 4.74 Å². The van der Waals surface area contributed by atoms with Gasteiger partial charge in [0, 0.05) is 23.1 Å². The molecule has 1 N–H and O–H groups in total. The van der Waals surface area contributed by atoms with E-state index in [0.717, 1.165) is 18.7 Å². The molecule has 0 spiro atoms. The summed E-state index contributed by atoms with van der Waals surface area (Å²) < 4.78 is 5.71. The van der Waals surface area contributed by atoms with Crippen molar-refractivity contribution in [3.05, 3.63) is 28.8 Å². The predicted octanol–water partition coefficient (Wildman–Crippen LogP) is 3.83. The maximum atomic E-state index is 9.12. The van der Waals surface area contributed by atoms with E-state index in [2.05, 4.69) is 25.2 Å². The lowest BCUT2D eigenvalue weighted by molar-refractivity contribution is -0.0976. The van der Waals surface area contributed by atoms with Crippen LogP contribution in [0.1, 0.15) is 32.8 Å². The highest BCUT2D eigenvalue weighted by Crippen LogP contribution is 2.44. The summed E-state index contributed by atoms with van der Waals surface area (Å²) in [6, 6.07) is 7.78. The summed E-state index contributed by atoms with van der Waals surface area (Å²) in [5.41, 5.74) is 1.49. The molecular weight excluding hydrogens is 260 g/mol. The zero-order chi connectivity index (χ0) is 14.0. The first-order valence-corrected chi connectivity index (χ1v) is 6.94. The van der Waals surface area contributed by atoms with Gasteiger partial charge in [0.05, 0.1) is 17.4 Å². The summed E-state index contributed by atoms with van der Waals surface area (Å²) in [7, 11) is 0. The van der Waals surface area contributed by atoms with Crippen molar-refractivity contribution in [1.29, 1.82) is 5.26 Å². The third-order valence-electron chi connectivity index (χ3n) is 3.98. The van der Waals surface area contributed by atoms with E-state index in [-0.39, 0.29) is 11.5 Å². The molecule has 2 rings (SSSR count). The van der Waals surface area contributed by atoms with Crippen molar-refractivity contribution >= 4 is 17.3 Å². The lowest BCUT2D eigenvalue weighted by Gasteiger charge is -2.52. The first kappa shape index (κ1) is 14.2. The number of hydrogen-bond acceptors (Lipinski definition) is 3. The van der Waals surface area contributed by atoms with Crippen molar-refractivity contribution in [2.75, 3.05) is 11.9 Å². The van der Waals surface area contributed by atoms with E-state index < -0.39 is 0 Å². The van der Waals surface area contributed by atoms with Gasteiger partial charge >= 0.3 is 0 Å². The number of halogens is 1. The van der Waals surface area contributed by atoms with Crippen LogP contribution in [0.4, 0.5) is 5.69 Å². The Morgan fingerprint density at radius 2 is 2.26 bits per heavy atom. The lowest BCUT2D eigenvalue weighted by Crippen LogP contribution is -2.58. The topological polar surface area (TPSA) is 45.0 Å². The number of anilines is 1. The normalized spacial score (nSPS) is 24.4. The molecule has 1 aromatic rings. The Labute approximate surface area is 119 Å². The van der Waals surface area contributed by atoms with Crippen molar-refractivity contribution in [2.45, 2.75) is 39.3 Å². The summed E-state index contributed by atoms with van der Waals surface area (Å²) in [5.74, 6) is 0. The van der Waals surface area contributed by atoms with Crippen molar-refractivity contribution in [3.8, 4) is 6.07 Å². The Morgan fingerprint density at radius 1 is 1.53 bits per heavy atom. The zero-order valence-electron chi connectivity index (χ0n) is 11.5. The molecule has 1 aromatic carbocycles. The molecule has 2 atom stereocenters. The molecule has 4 heteroatoms. The molecule has 3 nitrogen and oxygen atoms in total. The number of hydrogen-bond donors (Lipinski definition) is 1. The standard InChI is InChI=1S/C15H19ClN2O/c1-4-19-14-8-13(15(14,2)3)18-12-7-11(16)6-5-10(12)9-17/h5-7,13-14,18H,4,8H2,1-3H3. The van der Waals surface area contributed by atoms with E-state index in [1.165, 1.54) is 0 Å². The van der Waals surface area contributed by atoms with Gasteiger partial charge in [0.2, 0.25) is 0 Å². The minimum atomic E-state index is 0.0606. The monoisotopic (exact) mass is 278 g/mol. The lowest BCUT2D eigenvalue weighted by atomic mass is 9.64. The highest BCUT2D eigenvalue weighted by atomic mass is 35.5. The molecule has 102 valence electrons. The van der Waals surface area contributed by atoms with E-state index in [0.29, 0.717) is 16.6 Å². The van der Waals surface area contributed by atoms with Crippen LogP contribution in [0.3, 0.4) is 0 Å². The minimum absolute atomic E-state index is 0.0606. The highest BCUT2D eigenvalue weighted by molar-refractivity contribution is 6.30. The second-order valence-corrected chi connectivity index (χ2v) is 5.94. The van der Waals surface area contributed by atoms with Crippen LogP contribution < -0.4 is 5.32 Å². The Kier molecular flexibility index (Phi) is 4.03. The maximum Gasteiger partial charge on any atom is 0.101 e. The van der Waals surface area contributed by atoms with Crippen molar-refractivity contribution in [2.24, 2.45) is 5.41 Å². The average Bonchev–Trinajstić information content (AvgIpc) is 2.38. The number of benzene rings is 1. The summed E-state index contributed by atoms with van der Waals surface area (Å²) >= 11 is 5.99. The fraction of sp³-hybridized carbons (Fsp3) is 0.533. The van der Waals surface area contributed by atoms with Gasteiger partial charge in [-0.1, -0.05) is 25.4 Å². The number of nitrogens with zero attached hydrogens (tertiary/aromatic N) is 1. The van der Waals surface area contributed by atoms with Gasteiger partial charge in [0.25, 0.3) is 0 Å². The molecule has 0 aliphatic heterocycles. The summed E-state index contributed by atoms with van der Waals surface area (Å²) in [5, 5.41) is 13.2. The van der Waals surface area contributed by atoms with Crippen LogP contribution in [0, 0.1) is 16.7 Å². The van der Waals surface area contributed by atoms with Crippen LogP contribution in [0.5, 0.6) is 0 Å².